The average molecular weight is 850 g/mol. The molecule has 0 radical (unpaired) electrons. The molecule has 1 rings (SSSR count). The quantitative estimate of drug-likeness (QED) is 0.0180. The summed E-state index contributed by atoms with van der Waals surface area (Å²) < 4.78 is 11.1. The summed E-state index contributed by atoms with van der Waals surface area (Å²) in [7, 11) is 0. The highest BCUT2D eigenvalue weighted by molar-refractivity contribution is 5.80. The lowest BCUT2D eigenvalue weighted by Gasteiger charge is -2.40. The zero-order chi connectivity index (χ0) is 43.9. The smallest absolute Gasteiger partial charge is 0.249 e. The van der Waals surface area contributed by atoms with Crippen LogP contribution in [0.5, 0.6) is 0 Å². The van der Waals surface area contributed by atoms with Crippen molar-refractivity contribution in [2.75, 3.05) is 13.2 Å². The summed E-state index contributed by atoms with van der Waals surface area (Å²) in [4.78, 5) is 13.1. The number of carbonyl (C=O) groups excluding carboxylic acids is 1. The summed E-state index contributed by atoms with van der Waals surface area (Å²) in [6, 6.07) is -0.999. The van der Waals surface area contributed by atoms with Gasteiger partial charge in [-0.15, -0.1) is 0 Å². The van der Waals surface area contributed by atoms with Crippen molar-refractivity contribution in [2.24, 2.45) is 0 Å². The van der Waals surface area contributed by atoms with Crippen LogP contribution in [0.3, 0.4) is 0 Å². The molecule has 0 saturated carbocycles. The van der Waals surface area contributed by atoms with Crippen LogP contribution in [0, 0.1) is 0 Å². The minimum absolute atomic E-state index is 0.297. The second kappa shape index (κ2) is 39.9. The minimum atomic E-state index is -1.62. The second-order valence-electron chi connectivity index (χ2n) is 17.1. The summed E-state index contributed by atoms with van der Waals surface area (Å²) in [5, 5.41) is 64.7. The molecule has 350 valence electrons. The Labute approximate surface area is 366 Å². The fourth-order valence-electron chi connectivity index (χ4n) is 7.46. The van der Waals surface area contributed by atoms with Crippen LogP contribution >= 0.6 is 0 Å². The monoisotopic (exact) mass is 850 g/mol. The van der Waals surface area contributed by atoms with E-state index in [2.05, 4.69) is 55.6 Å². The van der Waals surface area contributed by atoms with E-state index in [0.717, 1.165) is 38.5 Å². The molecular weight excluding hydrogens is 759 g/mol. The number of aliphatic hydroxyl groups excluding tert-OH is 6. The molecule has 1 fully saturated rings. The third kappa shape index (κ3) is 29.4. The first kappa shape index (κ1) is 56.1. The first-order chi connectivity index (χ1) is 29.3. The molecule has 60 heavy (non-hydrogen) atoms. The first-order valence-electron chi connectivity index (χ1n) is 24.5. The maximum Gasteiger partial charge on any atom is 0.249 e. The molecule has 10 nitrogen and oxygen atoms in total. The number of ether oxygens (including phenoxy) is 2. The van der Waals surface area contributed by atoms with Gasteiger partial charge in [0.15, 0.2) is 6.29 Å². The van der Waals surface area contributed by atoms with E-state index in [1.807, 2.05) is 6.08 Å². The van der Waals surface area contributed by atoms with E-state index in [-0.39, 0.29) is 6.61 Å². The van der Waals surface area contributed by atoms with Crippen molar-refractivity contribution in [3.63, 3.8) is 0 Å². The average Bonchev–Trinajstić information content (AvgIpc) is 3.25. The molecular formula is C50H91NO9. The highest BCUT2D eigenvalue weighted by Gasteiger charge is 2.44. The molecule has 1 heterocycles. The Morgan fingerprint density at radius 3 is 1.58 bits per heavy atom. The predicted molar refractivity (Wildman–Crippen MR) is 245 cm³/mol. The molecule has 1 aliphatic rings. The highest BCUT2D eigenvalue weighted by atomic mass is 16.7. The van der Waals surface area contributed by atoms with E-state index in [0.29, 0.717) is 19.3 Å². The third-order valence-electron chi connectivity index (χ3n) is 11.5. The van der Waals surface area contributed by atoms with Crippen molar-refractivity contribution < 1.29 is 44.9 Å². The molecule has 0 aromatic heterocycles. The number of amides is 1. The van der Waals surface area contributed by atoms with Crippen LogP contribution in [0.4, 0.5) is 0 Å². The van der Waals surface area contributed by atoms with Crippen LogP contribution in [0.15, 0.2) is 48.6 Å². The van der Waals surface area contributed by atoms with Crippen molar-refractivity contribution in [3.8, 4) is 0 Å². The van der Waals surface area contributed by atoms with Crippen LogP contribution in [-0.2, 0) is 14.3 Å². The van der Waals surface area contributed by atoms with Gasteiger partial charge >= 0.3 is 0 Å². The van der Waals surface area contributed by atoms with Gasteiger partial charge in [0.2, 0.25) is 5.91 Å². The minimum Gasteiger partial charge on any atom is -0.394 e. The standard InChI is InChI=1S/C50H91NO9/c1-3-5-7-9-11-13-15-17-19-21-23-25-27-29-31-33-35-37-39-44(54)49(58)51-42(41-59-50-48(57)47(56)46(55)45(40-52)60-50)43(53)38-36-34-32-30-28-26-24-22-20-18-16-14-12-10-8-6-4-2/h11,13,15,17,28,30,36,38,42-48,50,52-57H,3-10,12,14,16,18-27,29,31-35,37,39-41H2,1-2H3,(H,51,58)/b13-11-,17-15-,30-28+,38-36+. The summed E-state index contributed by atoms with van der Waals surface area (Å²) in [6.07, 6.45) is 40.5. The van der Waals surface area contributed by atoms with Crippen LogP contribution in [0.25, 0.3) is 0 Å². The summed E-state index contributed by atoms with van der Waals surface area (Å²) >= 11 is 0. The summed E-state index contributed by atoms with van der Waals surface area (Å²) in [5.41, 5.74) is 0. The number of hydrogen-bond donors (Lipinski definition) is 7. The molecule has 0 spiro atoms. The van der Waals surface area contributed by atoms with Crippen molar-refractivity contribution in [3.05, 3.63) is 48.6 Å². The maximum absolute atomic E-state index is 13.1. The molecule has 1 saturated heterocycles. The van der Waals surface area contributed by atoms with Gasteiger partial charge in [0, 0.05) is 0 Å². The van der Waals surface area contributed by atoms with Crippen molar-refractivity contribution in [1.29, 1.82) is 0 Å². The molecule has 10 heteroatoms. The van der Waals surface area contributed by atoms with Crippen molar-refractivity contribution >= 4 is 5.91 Å². The SMILES string of the molecule is CCCCC/C=C\C=C/CCCCCCCCCCCC(O)C(=O)NC(COC1OC(CO)C(O)C(O)C1O)C(O)/C=C/CC/C=C/CCCCCCCCCCCCC. The van der Waals surface area contributed by atoms with Gasteiger partial charge in [-0.25, -0.2) is 0 Å². The van der Waals surface area contributed by atoms with E-state index in [4.69, 9.17) is 9.47 Å². The van der Waals surface area contributed by atoms with Gasteiger partial charge < -0.3 is 45.4 Å². The number of carbonyl (C=O) groups is 1. The molecule has 0 bridgehead atoms. The fourth-order valence-corrected chi connectivity index (χ4v) is 7.46. The van der Waals surface area contributed by atoms with Crippen molar-refractivity contribution in [1.82, 2.24) is 5.32 Å². The Balaban J connectivity index is 2.41. The van der Waals surface area contributed by atoms with E-state index in [1.54, 1.807) is 6.08 Å². The Morgan fingerprint density at radius 1 is 0.583 bits per heavy atom. The topological polar surface area (TPSA) is 169 Å². The molecule has 0 aromatic carbocycles. The van der Waals surface area contributed by atoms with Crippen LogP contribution in [-0.4, -0.2) is 98.7 Å². The van der Waals surface area contributed by atoms with Crippen LogP contribution in [0.2, 0.25) is 0 Å². The lowest BCUT2D eigenvalue weighted by Crippen LogP contribution is -2.60. The van der Waals surface area contributed by atoms with Crippen molar-refractivity contribution in [2.45, 2.75) is 249 Å². The molecule has 8 unspecified atom stereocenters. The molecule has 8 atom stereocenters. The molecule has 1 aliphatic heterocycles. The van der Waals surface area contributed by atoms with Gasteiger partial charge in [-0.05, 0) is 57.8 Å². The van der Waals surface area contributed by atoms with Crippen LogP contribution < -0.4 is 5.32 Å². The van der Waals surface area contributed by atoms with E-state index in [1.165, 1.54) is 128 Å². The van der Waals surface area contributed by atoms with Gasteiger partial charge in [-0.3, -0.25) is 4.79 Å². The Morgan fingerprint density at radius 2 is 1.03 bits per heavy atom. The second-order valence-corrected chi connectivity index (χ2v) is 17.1. The highest BCUT2D eigenvalue weighted by Crippen LogP contribution is 2.23. The van der Waals surface area contributed by atoms with Gasteiger partial charge in [0.1, 0.15) is 30.5 Å². The van der Waals surface area contributed by atoms with E-state index >= 15 is 0 Å². The number of nitrogens with one attached hydrogen (secondary N) is 1. The first-order valence-corrected chi connectivity index (χ1v) is 24.5. The Kier molecular flexibility index (Phi) is 37.3. The Hall–Kier alpha value is -1.89. The predicted octanol–water partition coefficient (Wildman–Crippen LogP) is 9.59. The summed E-state index contributed by atoms with van der Waals surface area (Å²) in [5.74, 6) is -0.631. The lowest BCUT2D eigenvalue weighted by atomic mass is 9.99. The van der Waals surface area contributed by atoms with Gasteiger partial charge in [0.05, 0.1) is 25.4 Å². The number of allylic oxidation sites excluding steroid dienone is 7. The Bertz CT molecular complexity index is 1100. The van der Waals surface area contributed by atoms with Crippen LogP contribution in [0.1, 0.15) is 200 Å². The molecule has 7 N–H and O–H groups in total. The summed E-state index contributed by atoms with van der Waals surface area (Å²) in [6.45, 7) is 3.56. The molecule has 0 aromatic rings. The largest absolute Gasteiger partial charge is 0.394 e. The zero-order valence-electron chi connectivity index (χ0n) is 38.1. The number of unbranched alkanes of at least 4 members (excludes halogenated alkanes) is 24. The van der Waals surface area contributed by atoms with E-state index < -0.39 is 61.5 Å². The number of aliphatic hydroxyl groups is 6. The number of hydrogen-bond acceptors (Lipinski definition) is 9. The van der Waals surface area contributed by atoms with Gasteiger partial charge in [0.25, 0.3) is 0 Å². The van der Waals surface area contributed by atoms with E-state index in [9.17, 15) is 35.4 Å². The van der Waals surface area contributed by atoms with Gasteiger partial charge in [-0.1, -0.05) is 191 Å². The zero-order valence-corrected chi connectivity index (χ0v) is 38.1. The molecule has 1 amide bonds. The number of rotatable bonds is 40. The lowest BCUT2D eigenvalue weighted by molar-refractivity contribution is -0.302. The normalized spacial score (nSPS) is 21.5. The maximum atomic E-state index is 13.1. The third-order valence-corrected chi connectivity index (χ3v) is 11.5. The fraction of sp³-hybridized carbons (Fsp3) is 0.820. The van der Waals surface area contributed by atoms with Gasteiger partial charge in [-0.2, -0.15) is 0 Å². The molecule has 0 aliphatic carbocycles.